The number of hydroxylamine groups is 1. The van der Waals surface area contributed by atoms with Crippen LogP contribution >= 0.6 is 0 Å². The first-order valence-corrected chi connectivity index (χ1v) is 8.02. The Bertz CT molecular complexity index is 533. The van der Waals surface area contributed by atoms with Gasteiger partial charge in [-0.3, -0.25) is 14.8 Å². The van der Waals surface area contributed by atoms with Crippen LogP contribution in [-0.2, 0) is 20.8 Å². The minimum absolute atomic E-state index is 0.248. The Labute approximate surface area is 141 Å². The normalized spacial score (nSPS) is 11.5. The predicted octanol–water partition coefficient (Wildman–Crippen LogP) is 1.64. The van der Waals surface area contributed by atoms with Crippen LogP contribution in [0.3, 0.4) is 0 Å². The molecule has 1 rings (SSSR count). The summed E-state index contributed by atoms with van der Waals surface area (Å²) in [5.74, 6) is -1.76. The van der Waals surface area contributed by atoms with Gasteiger partial charge in [-0.1, -0.05) is 43.2 Å². The molecule has 0 aromatic heterocycles. The van der Waals surface area contributed by atoms with Crippen LogP contribution in [0.2, 0.25) is 0 Å². The lowest BCUT2D eigenvalue weighted by Crippen LogP contribution is -2.42. The van der Waals surface area contributed by atoms with Crippen molar-refractivity contribution in [2.75, 3.05) is 0 Å². The highest BCUT2D eigenvalue weighted by atomic mass is 16.5. The number of carbonyl (C=O) groups excluding carboxylic acids is 2. The Hall–Kier alpha value is -2.41. The van der Waals surface area contributed by atoms with E-state index in [2.05, 4.69) is 5.32 Å². The molecule has 1 aromatic rings. The summed E-state index contributed by atoms with van der Waals surface area (Å²) in [5.41, 5.74) is 2.42. The molecule has 4 N–H and O–H groups in total. The van der Waals surface area contributed by atoms with Crippen LogP contribution in [0.15, 0.2) is 30.3 Å². The number of carbonyl (C=O) groups is 3. The number of hydrogen-bond acceptors (Lipinski definition) is 4. The lowest BCUT2D eigenvalue weighted by atomic mass is 10.1. The summed E-state index contributed by atoms with van der Waals surface area (Å²) in [6.45, 7) is 0. The quantitative estimate of drug-likeness (QED) is 0.278. The minimum Gasteiger partial charge on any atom is -0.480 e. The van der Waals surface area contributed by atoms with Crippen LogP contribution in [0.1, 0.15) is 44.1 Å². The van der Waals surface area contributed by atoms with Gasteiger partial charge in [0.1, 0.15) is 6.04 Å². The van der Waals surface area contributed by atoms with E-state index in [4.69, 9.17) is 5.21 Å². The number of carboxylic acid groups (broad SMARTS) is 1. The average molecular weight is 336 g/mol. The molecule has 0 radical (unpaired) electrons. The summed E-state index contributed by atoms with van der Waals surface area (Å²) in [7, 11) is 0. The summed E-state index contributed by atoms with van der Waals surface area (Å²) in [4.78, 5) is 33.9. The molecular weight excluding hydrogens is 312 g/mol. The second-order valence-electron chi connectivity index (χ2n) is 5.60. The molecule has 24 heavy (non-hydrogen) atoms. The van der Waals surface area contributed by atoms with Gasteiger partial charge in [-0.2, -0.15) is 0 Å². The van der Waals surface area contributed by atoms with Gasteiger partial charge in [0.25, 0.3) is 0 Å². The number of aliphatic carboxylic acids is 1. The van der Waals surface area contributed by atoms with Crippen molar-refractivity contribution in [3.63, 3.8) is 0 Å². The zero-order valence-corrected chi connectivity index (χ0v) is 13.5. The van der Waals surface area contributed by atoms with Crippen LogP contribution < -0.4 is 10.8 Å². The van der Waals surface area contributed by atoms with E-state index in [0.29, 0.717) is 12.8 Å². The van der Waals surface area contributed by atoms with Crippen molar-refractivity contribution in [1.82, 2.24) is 10.8 Å². The van der Waals surface area contributed by atoms with E-state index >= 15 is 0 Å². The van der Waals surface area contributed by atoms with Gasteiger partial charge < -0.3 is 10.4 Å². The van der Waals surface area contributed by atoms with E-state index in [-0.39, 0.29) is 25.2 Å². The van der Waals surface area contributed by atoms with Crippen LogP contribution in [0.5, 0.6) is 0 Å². The number of nitrogens with one attached hydrogen (secondary N) is 2. The van der Waals surface area contributed by atoms with Crippen LogP contribution in [0, 0.1) is 0 Å². The first kappa shape index (κ1) is 19.6. The van der Waals surface area contributed by atoms with Crippen LogP contribution in [0.4, 0.5) is 0 Å². The smallest absolute Gasteiger partial charge is 0.326 e. The lowest BCUT2D eigenvalue weighted by molar-refractivity contribution is -0.141. The standard InChI is InChI=1S/C17H24N2O5/c20-15(10-6-1-2-7-11-16(21)19-24)18-14(17(22)23)12-13-8-4-3-5-9-13/h3-5,8-9,14,24H,1-2,6-7,10-12H2,(H,18,20)(H,19,21)(H,22,23)/t14-/m1/s1. The Balaban J connectivity index is 2.26. The van der Waals surface area contributed by atoms with Crippen molar-refractivity contribution in [1.29, 1.82) is 0 Å². The van der Waals surface area contributed by atoms with Gasteiger partial charge in [0.2, 0.25) is 11.8 Å². The number of amides is 2. The van der Waals surface area contributed by atoms with Gasteiger partial charge in [-0.05, 0) is 18.4 Å². The Morgan fingerprint density at radius 2 is 1.50 bits per heavy atom. The third-order valence-electron chi connectivity index (χ3n) is 3.60. The highest BCUT2D eigenvalue weighted by Crippen LogP contribution is 2.07. The van der Waals surface area contributed by atoms with Crippen molar-refractivity contribution in [3.8, 4) is 0 Å². The molecule has 2 amide bonds. The predicted molar refractivity (Wildman–Crippen MR) is 87.3 cm³/mol. The highest BCUT2D eigenvalue weighted by Gasteiger charge is 2.19. The lowest BCUT2D eigenvalue weighted by Gasteiger charge is -2.14. The molecule has 0 heterocycles. The summed E-state index contributed by atoms with van der Waals surface area (Å²) in [6.07, 6.45) is 3.56. The van der Waals surface area contributed by atoms with Gasteiger partial charge >= 0.3 is 5.97 Å². The number of benzene rings is 1. The van der Waals surface area contributed by atoms with Crippen molar-refractivity contribution in [3.05, 3.63) is 35.9 Å². The van der Waals surface area contributed by atoms with Crippen molar-refractivity contribution >= 4 is 17.8 Å². The molecule has 7 heteroatoms. The maximum atomic E-state index is 11.9. The molecule has 0 spiro atoms. The summed E-state index contributed by atoms with van der Waals surface area (Å²) < 4.78 is 0. The van der Waals surface area contributed by atoms with Gasteiger partial charge in [-0.15, -0.1) is 0 Å². The maximum absolute atomic E-state index is 11.9. The van der Waals surface area contributed by atoms with Crippen molar-refractivity contribution in [2.24, 2.45) is 0 Å². The molecule has 0 unspecified atom stereocenters. The third kappa shape index (κ3) is 8.28. The van der Waals surface area contributed by atoms with Gasteiger partial charge in [-0.25, -0.2) is 10.3 Å². The number of unbranched alkanes of at least 4 members (excludes halogenated alkanes) is 3. The molecule has 0 saturated carbocycles. The number of rotatable bonds is 11. The molecule has 132 valence electrons. The second-order valence-corrected chi connectivity index (χ2v) is 5.60. The van der Waals surface area contributed by atoms with E-state index in [0.717, 1.165) is 18.4 Å². The number of carboxylic acids is 1. The fourth-order valence-corrected chi connectivity index (χ4v) is 2.30. The fourth-order valence-electron chi connectivity index (χ4n) is 2.30. The molecule has 0 fully saturated rings. The largest absolute Gasteiger partial charge is 0.480 e. The minimum atomic E-state index is -1.05. The SMILES string of the molecule is O=C(CCCCCCC(=O)N[C@H](Cc1ccccc1)C(=O)O)NO. The van der Waals surface area contributed by atoms with E-state index in [9.17, 15) is 19.5 Å². The highest BCUT2D eigenvalue weighted by molar-refractivity contribution is 5.83. The number of hydrogen-bond donors (Lipinski definition) is 4. The van der Waals surface area contributed by atoms with Crippen LogP contribution in [0.25, 0.3) is 0 Å². The molecule has 7 nitrogen and oxygen atoms in total. The molecule has 1 aromatic carbocycles. The van der Waals surface area contributed by atoms with Crippen molar-refractivity contribution in [2.45, 2.75) is 51.0 Å². The first-order valence-electron chi connectivity index (χ1n) is 8.02. The molecule has 0 aliphatic rings. The molecule has 0 bridgehead atoms. The van der Waals surface area contributed by atoms with Gasteiger partial charge in [0.15, 0.2) is 0 Å². The molecule has 1 atom stereocenters. The van der Waals surface area contributed by atoms with E-state index in [1.807, 2.05) is 30.3 Å². The molecule has 0 saturated heterocycles. The van der Waals surface area contributed by atoms with Gasteiger partial charge in [0.05, 0.1) is 0 Å². The molecular formula is C17H24N2O5. The Morgan fingerprint density at radius 1 is 0.917 bits per heavy atom. The second kappa shape index (κ2) is 11.2. The molecule has 0 aliphatic carbocycles. The van der Waals surface area contributed by atoms with Gasteiger partial charge in [0, 0.05) is 19.3 Å². The third-order valence-corrected chi connectivity index (χ3v) is 3.60. The zero-order valence-electron chi connectivity index (χ0n) is 13.5. The average Bonchev–Trinajstić information content (AvgIpc) is 2.57. The van der Waals surface area contributed by atoms with Crippen molar-refractivity contribution < 1.29 is 24.7 Å². The fraction of sp³-hybridized carbons (Fsp3) is 0.471. The zero-order chi connectivity index (χ0) is 17.8. The van der Waals surface area contributed by atoms with E-state index < -0.39 is 17.9 Å². The summed E-state index contributed by atoms with van der Waals surface area (Å²) in [5, 5.41) is 20.1. The summed E-state index contributed by atoms with van der Waals surface area (Å²) in [6, 6.07) is 8.21. The topological polar surface area (TPSA) is 116 Å². The monoisotopic (exact) mass is 336 g/mol. The van der Waals surface area contributed by atoms with E-state index in [1.54, 1.807) is 5.48 Å². The Kier molecular flexibility index (Phi) is 9.14. The molecule has 0 aliphatic heterocycles. The first-order chi connectivity index (χ1) is 11.5. The van der Waals surface area contributed by atoms with Crippen LogP contribution in [-0.4, -0.2) is 34.1 Å². The van der Waals surface area contributed by atoms with E-state index in [1.165, 1.54) is 0 Å². The summed E-state index contributed by atoms with van der Waals surface area (Å²) >= 11 is 0. The maximum Gasteiger partial charge on any atom is 0.326 e. The Morgan fingerprint density at radius 3 is 2.04 bits per heavy atom.